The van der Waals surface area contributed by atoms with Gasteiger partial charge in [-0.2, -0.15) is 0 Å². The first-order valence-electron chi connectivity index (χ1n) is 9.68. The smallest absolute Gasteiger partial charge is 0.274 e. The molecule has 2 N–H and O–H groups in total. The number of carbonyl (C=O) groups excluding carboxylic acids is 1. The number of carbonyl (C=O) groups is 1. The number of rotatable bonds is 6. The summed E-state index contributed by atoms with van der Waals surface area (Å²) in [5.41, 5.74) is 4.82. The normalized spacial score (nSPS) is 13.8. The van der Waals surface area contributed by atoms with Crippen LogP contribution in [0, 0.1) is 20.8 Å². The van der Waals surface area contributed by atoms with Crippen LogP contribution < -0.4 is 10.6 Å². The van der Waals surface area contributed by atoms with Gasteiger partial charge in [-0.3, -0.25) is 4.79 Å². The van der Waals surface area contributed by atoms with Gasteiger partial charge in [0.2, 0.25) is 0 Å². The van der Waals surface area contributed by atoms with E-state index in [4.69, 9.17) is 0 Å². The fraction of sp³-hybridized carbons (Fsp3) is 0.409. The van der Waals surface area contributed by atoms with Crippen molar-refractivity contribution in [1.82, 2.24) is 9.97 Å². The highest BCUT2D eigenvalue weighted by Gasteiger charge is 2.13. The first kappa shape index (κ1) is 19.1. The Bertz CT molecular complexity index is 837. The molecular formula is C22H28N4O. The number of aromatic nitrogens is 2. The average Bonchev–Trinajstić information content (AvgIpc) is 2.65. The lowest BCUT2D eigenvalue weighted by atomic mass is 9.97. The molecule has 0 aliphatic heterocycles. The summed E-state index contributed by atoms with van der Waals surface area (Å²) in [5.74, 6) is 1.07. The van der Waals surface area contributed by atoms with E-state index in [0.717, 1.165) is 29.8 Å². The molecule has 0 saturated heterocycles. The predicted molar refractivity (Wildman–Crippen MR) is 110 cm³/mol. The summed E-state index contributed by atoms with van der Waals surface area (Å²) < 4.78 is 0. The van der Waals surface area contributed by atoms with Crippen LogP contribution in [0.5, 0.6) is 0 Å². The highest BCUT2D eigenvalue weighted by Crippen LogP contribution is 2.21. The van der Waals surface area contributed by atoms with E-state index >= 15 is 0 Å². The molecule has 0 atom stereocenters. The van der Waals surface area contributed by atoms with Gasteiger partial charge in [-0.25, -0.2) is 9.97 Å². The zero-order valence-corrected chi connectivity index (χ0v) is 16.4. The van der Waals surface area contributed by atoms with Crippen molar-refractivity contribution in [1.29, 1.82) is 0 Å². The van der Waals surface area contributed by atoms with Crippen LogP contribution in [0.25, 0.3) is 0 Å². The molecule has 2 aromatic rings. The second kappa shape index (κ2) is 8.80. The molecule has 1 aliphatic carbocycles. The number of anilines is 2. The van der Waals surface area contributed by atoms with E-state index in [2.05, 4.69) is 26.7 Å². The third-order valence-corrected chi connectivity index (χ3v) is 4.93. The summed E-state index contributed by atoms with van der Waals surface area (Å²) in [7, 11) is 0. The van der Waals surface area contributed by atoms with Gasteiger partial charge in [0.25, 0.3) is 5.91 Å². The van der Waals surface area contributed by atoms with Gasteiger partial charge in [0, 0.05) is 18.3 Å². The number of benzene rings is 1. The van der Waals surface area contributed by atoms with Crippen molar-refractivity contribution >= 4 is 17.4 Å². The summed E-state index contributed by atoms with van der Waals surface area (Å²) >= 11 is 0. The Morgan fingerprint density at radius 2 is 1.89 bits per heavy atom. The number of para-hydroxylation sites is 1. The summed E-state index contributed by atoms with van der Waals surface area (Å²) in [5, 5.41) is 6.33. The maximum atomic E-state index is 12.7. The first-order valence-corrected chi connectivity index (χ1v) is 9.68. The molecule has 5 nitrogen and oxygen atoms in total. The van der Waals surface area contributed by atoms with Crippen molar-refractivity contribution in [3.63, 3.8) is 0 Å². The van der Waals surface area contributed by atoms with Gasteiger partial charge < -0.3 is 10.6 Å². The molecule has 0 unspecified atom stereocenters. The van der Waals surface area contributed by atoms with E-state index in [0.29, 0.717) is 17.3 Å². The van der Waals surface area contributed by atoms with Crippen LogP contribution in [-0.2, 0) is 0 Å². The van der Waals surface area contributed by atoms with Crippen LogP contribution >= 0.6 is 0 Å². The molecular weight excluding hydrogens is 336 g/mol. The van der Waals surface area contributed by atoms with Gasteiger partial charge in [-0.1, -0.05) is 29.8 Å². The molecule has 0 spiro atoms. The third kappa shape index (κ3) is 5.16. The Morgan fingerprint density at radius 1 is 1.11 bits per heavy atom. The fourth-order valence-corrected chi connectivity index (χ4v) is 3.45. The van der Waals surface area contributed by atoms with Gasteiger partial charge in [-0.05, 0) is 64.0 Å². The van der Waals surface area contributed by atoms with Crippen molar-refractivity contribution in [2.75, 3.05) is 17.2 Å². The van der Waals surface area contributed by atoms with Crippen LogP contribution in [0.2, 0.25) is 0 Å². The van der Waals surface area contributed by atoms with Crippen LogP contribution in [-0.4, -0.2) is 22.4 Å². The largest absolute Gasteiger partial charge is 0.370 e. The van der Waals surface area contributed by atoms with Gasteiger partial charge in [0.15, 0.2) is 0 Å². The SMILES string of the molecule is Cc1nc(NCCC2=CCCCC2)cc(C(=O)Nc2c(C)cccc2C)n1. The first-order chi connectivity index (χ1) is 13.0. The maximum absolute atomic E-state index is 12.7. The van der Waals surface area contributed by atoms with Crippen molar-refractivity contribution in [3.8, 4) is 0 Å². The second-order valence-corrected chi connectivity index (χ2v) is 7.19. The molecule has 3 rings (SSSR count). The minimum absolute atomic E-state index is 0.212. The molecule has 0 radical (unpaired) electrons. The standard InChI is InChI=1S/C22H28N4O/c1-15-8-7-9-16(2)21(15)26-22(27)19-14-20(25-17(3)24-19)23-13-12-18-10-5-4-6-11-18/h7-10,14H,4-6,11-13H2,1-3H3,(H,26,27)(H,23,24,25). The number of aryl methyl sites for hydroxylation is 3. The third-order valence-electron chi connectivity index (χ3n) is 4.93. The summed E-state index contributed by atoms with van der Waals surface area (Å²) in [6.07, 6.45) is 8.38. The predicted octanol–water partition coefficient (Wildman–Crippen LogP) is 4.96. The van der Waals surface area contributed by atoms with Gasteiger partial charge in [0.05, 0.1) is 0 Å². The number of hydrogen-bond acceptors (Lipinski definition) is 4. The van der Waals surface area contributed by atoms with Crippen molar-refractivity contribution in [2.45, 2.75) is 52.9 Å². The van der Waals surface area contributed by atoms with E-state index in [1.165, 1.54) is 31.3 Å². The molecule has 1 aliphatic rings. The van der Waals surface area contributed by atoms with Crippen LogP contribution in [0.3, 0.4) is 0 Å². The van der Waals surface area contributed by atoms with Crippen LogP contribution in [0.15, 0.2) is 35.9 Å². The quantitative estimate of drug-likeness (QED) is 0.711. The Morgan fingerprint density at radius 3 is 2.59 bits per heavy atom. The van der Waals surface area contributed by atoms with Crippen LogP contribution in [0.4, 0.5) is 11.5 Å². The highest BCUT2D eigenvalue weighted by atomic mass is 16.1. The zero-order valence-electron chi connectivity index (χ0n) is 16.4. The van der Waals surface area contributed by atoms with E-state index in [1.54, 1.807) is 6.07 Å². The lowest BCUT2D eigenvalue weighted by Crippen LogP contribution is -2.17. The van der Waals surface area contributed by atoms with E-state index < -0.39 is 0 Å². The number of amides is 1. The van der Waals surface area contributed by atoms with Crippen molar-refractivity contribution < 1.29 is 4.79 Å². The Kier molecular flexibility index (Phi) is 6.22. The van der Waals surface area contributed by atoms with Crippen molar-refractivity contribution in [3.05, 3.63) is 58.6 Å². The van der Waals surface area contributed by atoms with E-state index in [9.17, 15) is 4.79 Å². The number of nitrogens with one attached hydrogen (secondary N) is 2. The number of allylic oxidation sites excluding steroid dienone is 1. The monoisotopic (exact) mass is 364 g/mol. The Labute approximate surface area is 161 Å². The van der Waals surface area contributed by atoms with E-state index in [1.807, 2.05) is 39.0 Å². The molecule has 142 valence electrons. The van der Waals surface area contributed by atoms with Gasteiger partial charge in [0.1, 0.15) is 17.3 Å². The molecule has 1 heterocycles. The molecule has 0 saturated carbocycles. The topological polar surface area (TPSA) is 66.9 Å². The highest BCUT2D eigenvalue weighted by molar-refractivity contribution is 6.04. The van der Waals surface area contributed by atoms with E-state index in [-0.39, 0.29) is 5.91 Å². The maximum Gasteiger partial charge on any atom is 0.274 e. The summed E-state index contributed by atoms with van der Waals surface area (Å²) in [4.78, 5) is 21.4. The minimum Gasteiger partial charge on any atom is -0.370 e. The molecule has 0 bridgehead atoms. The molecule has 1 amide bonds. The second-order valence-electron chi connectivity index (χ2n) is 7.19. The Hall–Kier alpha value is -2.69. The van der Waals surface area contributed by atoms with Gasteiger partial charge >= 0.3 is 0 Å². The minimum atomic E-state index is -0.212. The average molecular weight is 364 g/mol. The number of hydrogen-bond donors (Lipinski definition) is 2. The molecule has 5 heteroatoms. The molecule has 1 aromatic carbocycles. The molecule has 27 heavy (non-hydrogen) atoms. The zero-order chi connectivity index (χ0) is 19.2. The number of nitrogens with zero attached hydrogens (tertiary/aromatic N) is 2. The lowest BCUT2D eigenvalue weighted by Gasteiger charge is -2.14. The molecule has 0 fully saturated rings. The van der Waals surface area contributed by atoms with Gasteiger partial charge in [-0.15, -0.1) is 0 Å². The van der Waals surface area contributed by atoms with Crippen molar-refractivity contribution in [2.24, 2.45) is 0 Å². The molecule has 1 aromatic heterocycles. The lowest BCUT2D eigenvalue weighted by molar-refractivity contribution is 0.102. The summed E-state index contributed by atoms with van der Waals surface area (Å²) in [6.45, 7) is 6.60. The fourth-order valence-electron chi connectivity index (χ4n) is 3.45. The summed E-state index contributed by atoms with van der Waals surface area (Å²) in [6, 6.07) is 7.69. The Balaban J connectivity index is 1.67. The van der Waals surface area contributed by atoms with Crippen LogP contribution in [0.1, 0.15) is 59.5 Å².